The summed E-state index contributed by atoms with van der Waals surface area (Å²) in [6.07, 6.45) is 1.07. The number of hydrogen-bond donors (Lipinski definition) is 1. The molecule has 19 heavy (non-hydrogen) atoms. The second kappa shape index (κ2) is 7.24. The Morgan fingerprint density at radius 1 is 1.37 bits per heavy atom. The fraction of sp³-hybridized carbons (Fsp3) is 0.714. The van der Waals surface area contributed by atoms with Crippen molar-refractivity contribution in [3.05, 3.63) is 16.3 Å². The van der Waals surface area contributed by atoms with Crippen LogP contribution in [0.25, 0.3) is 0 Å². The van der Waals surface area contributed by atoms with Gasteiger partial charge in [-0.1, -0.05) is 0 Å². The predicted molar refractivity (Wildman–Crippen MR) is 80.9 cm³/mol. The van der Waals surface area contributed by atoms with E-state index in [0.717, 1.165) is 23.7 Å². The summed E-state index contributed by atoms with van der Waals surface area (Å²) in [4.78, 5) is 6.09. The Bertz CT molecular complexity index is 375. The van der Waals surface area contributed by atoms with Crippen LogP contribution in [0.1, 0.15) is 18.2 Å². The smallest absolute Gasteiger partial charge is 0.134 e. The summed E-state index contributed by atoms with van der Waals surface area (Å²) in [7, 11) is 2.19. The average molecular weight is 283 g/mol. The summed E-state index contributed by atoms with van der Waals surface area (Å²) in [5.74, 6) is 0.970. The quantitative estimate of drug-likeness (QED) is 0.861. The molecule has 0 amide bonds. The highest BCUT2D eigenvalue weighted by molar-refractivity contribution is 7.10. The first kappa shape index (κ1) is 14.8. The van der Waals surface area contributed by atoms with E-state index in [-0.39, 0.29) is 0 Å². The molecule has 0 aliphatic carbocycles. The molecule has 108 valence electrons. The van der Waals surface area contributed by atoms with E-state index in [2.05, 4.69) is 23.8 Å². The van der Waals surface area contributed by atoms with Crippen LogP contribution in [0.3, 0.4) is 0 Å². The van der Waals surface area contributed by atoms with Crippen molar-refractivity contribution >= 4 is 11.3 Å². The first-order valence-corrected chi connectivity index (χ1v) is 7.90. The van der Waals surface area contributed by atoms with E-state index < -0.39 is 0 Å². The van der Waals surface area contributed by atoms with Gasteiger partial charge in [0.25, 0.3) is 0 Å². The first-order chi connectivity index (χ1) is 9.20. The highest BCUT2D eigenvalue weighted by atomic mass is 32.1. The van der Waals surface area contributed by atoms with Gasteiger partial charge < -0.3 is 15.4 Å². The lowest BCUT2D eigenvalue weighted by molar-refractivity contribution is 0.106. The maximum atomic E-state index is 5.84. The van der Waals surface area contributed by atoms with Gasteiger partial charge in [-0.05, 0) is 31.8 Å². The number of nitrogens with two attached hydrogens (primary N) is 1. The van der Waals surface area contributed by atoms with E-state index in [1.54, 1.807) is 11.3 Å². The summed E-state index contributed by atoms with van der Waals surface area (Å²) in [6, 6.07) is 2.61. The standard InChI is InChI=1S/C14H25N3OS/c1-12(17-7-5-16(2)6-8-17)3-9-18-13-4-10-19-14(13)11-15/h4,10,12H,3,5-9,11,15H2,1-2H3. The molecule has 2 rings (SSSR count). The Morgan fingerprint density at radius 2 is 2.11 bits per heavy atom. The van der Waals surface area contributed by atoms with Crippen molar-refractivity contribution in [3.8, 4) is 5.75 Å². The molecule has 0 aromatic carbocycles. The molecule has 1 fully saturated rings. The molecule has 0 radical (unpaired) electrons. The highest BCUT2D eigenvalue weighted by Crippen LogP contribution is 2.24. The monoisotopic (exact) mass is 283 g/mol. The number of likely N-dealkylation sites (N-methyl/N-ethyl adjacent to an activating group) is 1. The Hall–Kier alpha value is -0.620. The molecule has 1 unspecified atom stereocenters. The minimum atomic E-state index is 0.570. The molecule has 0 spiro atoms. The van der Waals surface area contributed by atoms with Crippen LogP contribution in [0.5, 0.6) is 5.75 Å². The van der Waals surface area contributed by atoms with E-state index in [0.29, 0.717) is 12.6 Å². The van der Waals surface area contributed by atoms with Gasteiger partial charge in [0.1, 0.15) is 5.75 Å². The molecule has 0 bridgehead atoms. The summed E-state index contributed by atoms with van der Waals surface area (Å²) in [6.45, 7) is 8.33. The number of thiophene rings is 1. The van der Waals surface area contributed by atoms with Gasteiger partial charge in [-0.15, -0.1) is 11.3 Å². The van der Waals surface area contributed by atoms with E-state index in [4.69, 9.17) is 10.5 Å². The van der Waals surface area contributed by atoms with Crippen molar-refractivity contribution in [1.82, 2.24) is 9.80 Å². The summed E-state index contributed by atoms with van der Waals surface area (Å²) in [5, 5.41) is 2.04. The third-order valence-electron chi connectivity index (χ3n) is 3.84. The third-order valence-corrected chi connectivity index (χ3v) is 4.77. The molecule has 4 nitrogen and oxygen atoms in total. The molecular weight excluding hydrogens is 258 g/mol. The molecule has 1 saturated heterocycles. The van der Waals surface area contributed by atoms with Gasteiger partial charge >= 0.3 is 0 Å². The second-order valence-corrected chi connectivity index (χ2v) is 6.24. The summed E-state index contributed by atoms with van der Waals surface area (Å²) >= 11 is 1.67. The van der Waals surface area contributed by atoms with Crippen LogP contribution in [-0.4, -0.2) is 55.7 Å². The molecule has 0 saturated carbocycles. The van der Waals surface area contributed by atoms with Crippen molar-refractivity contribution in [2.24, 2.45) is 5.73 Å². The Kier molecular flexibility index (Phi) is 5.63. The number of ether oxygens (including phenoxy) is 1. The van der Waals surface area contributed by atoms with Crippen LogP contribution in [0.4, 0.5) is 0 Å². The Balaban J connectivity index is 1.70. The van der Waals surface area contributed by atoms with Crippen molar-refractivity contribution in [3.63, 3.8) is 0 Å². The van der Waals surface area contributed by atoms with Crippen molar-refractivity contribution in [2.75, 3.05) is 39.8 Å². The lowest BCUT2D eigenvalue weighted by Crippen LogP contribution is -2.48. The maximum absolute atomic E-state index is 5.84. The Labute approximate surface area is 120 Å². The highest BCUT2D eigenvalue weighted by Gasteiger charge is 2.18. The lowest BCUT2D eigenvalue weighted by atomic mass is 10.2. The molecular formula is C14H25N3OS. The minimum Gasteiger partial charge on any atom is -0.492 e. The van der Waals surface area contributed by atoms with Crippen LogP contribution in [0.15, 0.2) is 11.4 Å². The lowest BCUT2D eigenvalue weighted by Gasteiger charge is -2.36. The average Bonchev–Trinajstić information content (AvgIpc) is 2.87. The van der Waals surface area contributed by atoms with Gasteiger partial charge in [-0.3, -0.25) is 4.90 Å². The molecule has 2 heterocycles. The topological polar surface area (TPSA) is 41.7 Å². The van der Waals surface area contributed by atoms with E-state index in [9.17, 15) is 0 Å². The van der Waals surface area contributed by atoms with Crippen molar-refractivity contribution in [1.29, 1.82) is 0 Å². The van der Waals surface area contributed by atoms with E-state index in [1.165, 1.54) is 26.2 Å². The molecule has 5 heteroatoms. The van der Waals surface area contributed by atoms with Gasteiger partial charge in [0.15, 0.2) is 0 Å². The molecule has 1 aromatic heterocycles. The fourth-order valence-electron chi connectivity index (χ4n) is 2.39. The van der Waals surface area contributed by atoms with Crippen LogP contribution in [0.2, 0.25) is 0 Å². The minimum absolute atomic E-state index is 0.570. The van der Waals surface area contributed by atoms with Crippen LogP contribution in [0, 0.1) is 0 Å². The zero-order valence-electron chi connectivity index (χ0n) is 12.0. The van der Waals surface area contributed by atoms with Crippen LogP contribution in [-0.2, 0) is 6.54 Å². The van der Waals surface area contributed by atoms with E-state index >= 15 is 0 Å². The predicted octanol–water partition coefficient (Wildman–Crippen LogP) is 1.61. The van der Waals surface area contributed by atoms with E-state index in [1.807, 2.05) is 11.4 Å². The normalized spacial score (nSPS) is 19.5. The summed E-state index contributed by atoms with van der Waals surface area (Å²) in [5.41, 5.74) is 5.67. The zero-order valence-corrected chi connectivity index (χ0v) is 12.8. The number of rotatable bonds is 6. The molecule has 1 atom stereocenters. The number of hydrogen-bond acceptors (Lipinski definition) is 5. The SMILES string of the molecule is CC(CCOc1ccsc1CN)N1CCN(C)CC1. The number of piperazine rings is 1. The Morgan fingerprint density at radius 3 is 2.79 bits per heavy atom. The second-order valence-electron chi connectivity index (χ2n) is 5.24. The van der Waals surface area contributed by atoms with Crippen molar-refractivity contribution < 1.29 is 4.74 Å². The van der Waals surface area contributed by atoms with Gasteiger partial charge in [-0.25, -0.2) is 0 Å². The van der Waals surface area contributed by atoms with Crippen molar-refractivity contribution in [2.45, 2.75) is 25.9 Å². The summed E-state index contributed by atoms with van der Waals surface area (Å²) < 4.78 is 5.84. The number of nitrogens with zero attached hydrogens (tertiary/aromatic N) is 2. The largest absolute Gasteiger partial charge is 0.492 e. The van der Waals surface area contributed by atoms with Gasteiger partial charge in [0, 0.05) is 38.8 Å². The van der Waals surface area contributed by atoms with Gasteiger partial charge in [0.05, 0.1) is 11.5 Å². The maximum Gasteiger partial charge on any atom is 0.134 e. The third kappa shape index (κ3) is 4.18. The zero-order chi connectivity index (χ0) is 13.7. The molecule has 1 aromatic rings. The molecule has 2 N–H and O–H groups in total. The molecule has 1 aliphatic heterocycles. The van der Waals surface area contributed by atoms with Crippen LogP contribution >= 0.6 is 11.3 Å². The first-order valence-electron chi connectivity index (χ1n) is 7.02. The fourth-order valence-corrected chi connectivity index (χ4v) is 3.09. The van der Waals surface area contributed by atoms with Gasteiger partial charge in [0.2, 0.25) is 0 Å². The van der Waals surface area contributed by atoms with Crippen LogP contribution < -0.4 is 10.5 Å². The van der Waals surface area contributed by atoms with Gasteiger partial charge in [-0.2, -0.15) is 0 Å². The molecule has 1 aliphatic rings.